The standard InChI is InChI=1S/C13H19BClNO2/c1-12(2)13(3,4)18-14(17-12)9-7-6-8-10(15)11(9)16-5/h6-8,16H,1-5H3. The molecule has 0 amide bonds. The fourth-order valence-electron chi connectivity index (χ4n) is 1.97. The second-order valence-electron chi connectivity index (χ2n) is 5.54. The molecule has 1 aromatic carbocycles. The Kier molecular flexibility index (Phi) is 3.39. The van der Waals surface area contributed by atoms with E-state index in [0.717, 1.165) is 11.2 Å². The fraction of sp³-hybridized carbons (Fsp3) is 0.538. The van der Waals surface area contributed by atoms with Crippen molar-refractivity contribution < 1.29 is 9.31 Å². The number of nitrogens with one attached hydrogen (secondary N) is 1. The Labute approximate surface area is 114 Å². The van der Waals surface area contributed by atoms with Crippen LogP contribution >= 0.6 is 11.6 Å². The molecule has 0 aliphatic carbocycles. The van der Waals surface area contributed by atoms with Crippen LogP contribution in [0.1, 0.15) is 27.7 Å². The van der Waals surface area contributed by atoms with Gasteiger partial charge in [-0.2, -0.15) is 0 Å². The van der Waals surface area contributed by atoms with E-state index in [1.165, 1.54) is 0 Å². The average Bonchev–Trinajstić information content (AvgIpc) is 2.47. The third-order valence-electron chi connectivity index (χ3n) is 3.80. The van der Waals surface area contributed by atoms with E-state index >= 15 is 0 Å². The summed E-state index contributed by atoms with van der Waals surface area (Å²) in [7, 11) is 1.45. The molecule has 1 heterocycles. The van der Waals surface area contributed by atoms with Crippen molar-refractivity contribution in [3.8, 4) is 0 Å². The first-order valence-corrected chi connectivity index (χ1v) is 6.48. The van der Waals surface area contributed by atoms with Crippen molar-refractivity contribution in [1.29, 1.82) is 0 Å². The maximum atomic E-state index is 6.18. The van der Waals surface area contributed by atoms with Crippen molar-refractivity contribution >= 4 is 29.9 Å². The maximum absolute atomic E-state index is 6.18. The van der Waals surface area contributed by atoms with Gasteiger partial charge in [-0.25, -0.2) is 0 Å². The van der Waals surface area contributed by atoms with E-state index in [9.17, 15) is 0 Å². The lowest BCUT2D eigenvalue weighted by atomic mass is 9.78. The molecule has 0 spiro atoms. The van der Waals surface area contributed by atoms with Crippen molar-refractivity contribution in [3.63, 3.8) is 0 Å². The summed E-state index contributed by atoms with van der Waals surface area (Å²) in [5.41, 5.74) is 1.11. The Balaban J connectivity index is 2.38. The van der Waals surface area contributed by atoms with Crippen LogP contribution in [-0.2, 0) is 9.31 Å². The topological polar surface area (TPSA) is 30.5 Å². The van der Waals surface area contributed by atoms with Crippen LogP contribution in [0.3, 0.4) is 0 Å². The van der Waals surface area contributed by atoms with Crippen LogP contribution in [0, 0.1) is 0 Å². The van der Waals surface area contributed by atoms with E-state index in [0.29, 0.717) is 5.02 Å². The van der Waals surface area contributed by atoms with Gasteiger partial charge < -0.3 is 14.6 Å². The van der Waals surface area contributed by atoms with Crippen LogP contribution in [-0.4, -0.2) is 25.4 Å². The zero-order valence-electron chi connectivity index (χ0n) is 11.5. The molecule has 0 bridgehead atoms. The van der Waals surface area contributed by atoms with Crippen LogP contribution in [0.25, 0.3) is 0 Å². The first kappa shape index (κ1) is 13.7. The second-order valence-corrected chi connectivity index (χ2v) is 5.95. The largest absolute Gasteiger partial charge is 0.497 e. The van der Waals surface area contributed by atoms with Gasteiger partial charge in [0.2, 0.25) is 0 Å². The predicted molar refractivity (Wildman–Crippen MR) is 76.7 cm³/mol. The minimum absolute atomic E-state index is 0.342. The quantitative estimate of drug-likeness (QED) is 0.836. The van der Waals surface area contributed by atoms with E-state index < -0.39 is 7.12 Å². The van der Waals surface area contributed by atoms with Gasteiger partial charge >= 0.3 is 7.12 Å². The zero-order chi connectivity index (χ0) is 13.6. The predicted octanol–water partition coefficient (Wildman–Crippen LogP) is 2.68. The van der Waals surface area contributed by atoms with Gasteiger partial charge in [-0.3, -0.25) is 0 Å². The molecule has 0 aromatic heterocycles. The van der Waals surface area contributed by atoms with E-state index in [1.54, 1.807) is 0 Å². The monoisotopic (exact) mass is 267 g/mol. The van der Waals surface area contributed by atoms with E-state index in [4.69, 9.17) is 20.9 Å². The number of anilines is 1. The van der Waals surface area contributed by atoms with Crippen LogP contribution < -0.4 is 10.8 Å². The summed E-state index contributed by atoms with van der Waals surface area (Å²) in [4.78, 5) is 0. The zero-order valence-corrected chi connectivity index (χ0v) is 12.3. The van der Waals surface area contributed by atoms with Crippen molar-refractivity contribution in [1.82, 2.24) is 0 Å². The molecule has 0 radical (unpaired) electrons. The van der Waals surface area contributed by atoms with E-state index in [1.807, 2.05) is 52.9 Å². The van der Waals surface area contributed by atoms with Crippen molar-refractivity contribution in [2.45, 2.75) is 38.9 Å². The summed E-state index contributed by atoms with van der Waals surface area (Å²) in [5, 5.41) is 3.77. The lowest BCUT2D eigenvalue weighted by Crippen LogP contribution is -2.41. The van der Waals surface area contributed by atoms with Crippen molar-refractivity contribution in [2.75, 3.05) is 12.4 Å². The third kappa shape index (κ3) is 2.13. The average molecular weight is 268 g/mol. The van der Waals surface area contributed by atoms with Crippen LogP contribution in [0.4, 0.5) is 5.69 Å². The van der Waals surface area contributed by atoms with Crippen molar-refractivity contribution in [3.05, 3.63) is 23.2 Å². The lowest BCUT2D eigenvalue weighted by Gasteiger charge is -2.32. The van der Waals surface area contributed by atoms with E-state index in [2.05, 4.69) is 5.32 Å². The van der Waals surface area contributed by atoms with Gasteiger partial charge in [-0.1, -0.05) is 23.7 Å². The summed E-state index contributed by atoms with van der Waals surface area (Å²) in [6.45, 7) is 8.15. The molecule has 0 unspecified atom stereocenters. The SMILES string of the molecule is CNc1c(Cl)cccc1B1OC(C)(C)C(C)(C)O1. The van der Waals surface area contributed by atoms with E-state index in [-0.39, 0.29) is 11.2 Å². The normalized spacial score (nSPS) is 21.1. The first-order valence-electron chi connectivity index (χ1n) is 6.10. The van der Waals surface area contributed by atoms with Gasteiger partial charge in [0.15, 0.2) is 0 Å². The summed E-state index contributed by atoms with van der Waals surface area (Å²) in [6, 6.07) is 5.73. The number of para-hydroxylation sites is 1. The molecular weight excluding hydrogens is 248 g/mol. The molecule has 98 valence electrons. The molecule has 1 N–H and O–H groups in total. The number of rotatable bonds is 2. The minimum Gasteiger partial charge on any atom is -0.399 e. The molecule has 5 heteroatoms. The summed E-state index contributed by atoms with van der Waals surface area (Å²) < 4.78 is 12.1. The summed E-state index contributed by atoms with van der Waals surface area (Å²) in [6.07, 6.45) is 0. The lowest BCUT2D eigenvalue weighted by molar-refractivity contribution is 0.00578. The molecule has 1 aliphatic heterocycles. The second kappa shape index (κ2) is 4.44. The highest BCUT2D eigenvalue weighted by molar-refractivity contribution is 6.64. The van der Waals surface area contributed by atoms with Gasteiger partial charge in [0.05, 0.1) is 21.9 Å². The maximum Gasteiger partial charge on any atom is 0.497 e. The number of benzene rings is 1. The Morgan fingerprint density at radius 1 is 1.11 bits per heavy atom. The van der Waals surface area contributed by atoms with Crippen molar-refractivity contribution in [2.24, 2.45) is 0 Å². The highest BCUT2D eigenvalue weighted by atomic mass is 35.5. The Morgan fingerprint density at radius 2 is 1.67 bits per heavy atom. The molecule has 0 atom stereocenters. The van der Waals surface area contributed by atoms with Crippen LogP contribution in [0.5, 0.6) is 0 Å². The smallest absolute Gasteiger partial charge is 0.399 e. The molecular formula is C13H19BClNO2. The third-order valence-corrected chi connectivity index (χ3v) is 4.12. The molecule has 3 nitrogen and oxygen atoms in total. The van der Waals surface area contributed by atoms with Crippen LogP contribution in [0.15, 0.2) is 18.2 Å². The van der Waals surface area contributed by atoms with Gasteiger partial charge in [-0.05, 0) is 33.8 Å². The van der Waals surface area contributed by atoms with Gasteiger partial charge in [0.25, 0.3) is 0 Å². The minimum atomic E-state index is -0.392. The molecule has 1 saturated heterocycles. The summed E-state index contributed by atoms with van der Waals surface area (Å²) >= 11 is 6.18. The Morgan fingerprint density at radius 3 is 2.17 bits per heavy atom. The van der Waals surface area contributed by atoms with Crippen LogP contribution in [0.2, 0.25) is 5.02 Å². The van der Waals surface area contributed by atoms with Gasteiger partial charge in [0.1, 0.15) is 0 Å². The number of halogens is 1. The fourth-order valence-corrected chi connectivity index (χ4v) is 2.25. The first-order chi connectivity index (χ1) is 8.28. The molecule has 1 aliphatic rings. The number of hydrogen-bond acceptors (Lipinski definition) is 3. The molecule has 18 heavy (non-hydrogen) atoms. The molecule has 1 fully saturated rings. The highest BCUT2D eigenvalue weighted by Crippen LogP contribution is 2.37. The number of hydrogen-bond donors (Lipinski definition) is 1. The Hall–Kier alpha value is -0.705. The Bertz CT molecular complexity index is 446. The molecule has 1 aromatic rings. The van der Waals surface area contributed by atoms with Gasteiger partial charge in [0, 0.05) is 12.5 Å². The molecule has 0 saturated carbocycles. The molecule has 2 rings (SSSR count). The summed E-state index contributed by atoms with van der Waals surface area (Å²) in [5.74, 6) is 0. The van der Waals surface area contributed by atoms with Gasteiger partial charge in [-0.15, -0.1) is 0 Å². The highest BCUT2D eigenvalue weighted by Gasteiger charge is 2.52.